The molecule has 0 radical (unpaired) electrons. The first kappa shape index (κ1) is 48.0. The molecule has 0 spiro atoms. The molecule has 4 heteroatoms. The van der Waals surface area contributed by atoms with Crippen LogP contribution >= 0.6 is 11.3 Å². The van der Waals surface area contributed by atoms with E-state index in [-0.39, 0.29) is 50.7 Å². The number of anilines is 4. The van der Waals surface area contributed by atoms with E-state index in [0.29, 0.717) is 11.8 Å². The Bertz CT molecular complexity index is 3040. The molecule has 3 heterocycles. The molecule has 5 aromatic rings. The number of nitrogens with zero attached hydrogens (tertiary/aromatic N) is 2. The summed E-state index contributed by atoms with van der Waals surface area (Å²) >= 11 is 2.11. The van der Waals surface area contributed by atoms with Gasteiger partial charge in [0.2, 0.25) is 6.71 Å². The van der Waals surface area contributed by atoms with Crippen molar-refractivity contribution in [1.29, 1.82) is 0 Å². The molecule has 3 atom stereocenters. The number of hydrogen-bond acceptors (Lipinski definition) is 3. The Labute approximate surface area is 428 Å². The van der Waals surface area contributed by atoms with Crippen LogP contribution in [-0.2, 0) is 21.7 Å². The number of allylic oxidation sites excluding steroid dienone is 4. The minimum absolute atomic E-state index is 0.0387. The Balaban J connectivity index is 1.29. The predicted octanol–water partition coefficient (Wildman–Crippen LogP) is 17.6. The van der Waals surface area contributed by atoms with E-state index >= 15 is 0 Å². The van der Waals surface area contributed by atoms with Crippen molar-refractivity contribution in [2.75, 3.05) is 9.80 Å². The first-order valence-corrected chi connectivity index (χ1v) is 28.1. The summed E-state index contributed by atoms with van der Waals surface area (Å²) in [5, 5.41) is 2.98. The minimum Gasteiger partial charge on any atom is -0.326 e. The largest absolute Gasteiger partial charge is 0.326 e. The van der Waals surface area contributed by atoms with Crippen LogP contribution in [0.5, 0.6) is 0 Å². The Morgan fingerprint density at radius 3 is 1.87 bits per heavy atom. The van der Waals surface area contributed by atoms with Crippen LogP contribution in [0.25, 0.3) is 15.7 Å². The van der Waals surface area contributed by atoms with Crippen LogP contribution in [0, 0.1) is 28.1 Å². The van der Waals surface area contributed by atoms with Gasteiger partial charge in [-0.15, -0.1) is 11.3 Å². The van der Waals surface area contributed by atoms with Gasteiger partial charge in [-0.2, -0.15) is 0 Å². The molecule has 6 aliphatic rings. The van der Waals surface area contributed by atoms with Crippen LogP contribution in [0.4, 0.5) is 22.1 Å². The van der Waals surface area contributed by atoms with Crippen molar-refractivity contribution in [3.8, 4) is 0 Å². The molecule has 2 aliphatic heterocycles. The third-order valence-electron chi connectivity index (χ3n) is 19.1. The van der Waals surface area contributed by atoms with E-state index in [9.17, 15) is 0 Å². The van der Waals surface area contributed by atoms with Crippen molar-refractivity contribution in [3.63, 3.8) is 0 Å². The molecule has 1 fully saturated rings. The molecule has 0 amide bonds. The molecule has 0 saturated heterocycles. The molecule has 2 nitrogen and oxygen atoms in total. The second-order valence-corrected chi connectivity index (χ2v) is 29.8. The number of rotatable bonds is 3. The van der Waals surface area contributed by atoms with Gasteiger partial charge in [-0.25, -0.2) is 0 Å². The average Bonchev–Trinajstić information content (AvgIpc) is 3.66. The lowest BCUT2D eigenvalue weighted by Crippen LogP contribution is -2.61. The van der Waals surface area contributed by atoms with Crippen molar-refractivity contribution >= 4 is 66.7 Å². The van der Waals surface area contributed by atoms with Gasteiger partial charge in [0.05, 0.1) is 11.0 Å². The molecule has 1 aromatic heterocycles. The van der Waals surface area contributed by atoms with Gasteiger partial charge in [0.1, 0.15) is 0 Å². The first-order valence-electron chi connectivity index (χ1n) is 27.3. The molecule has 4 aliphatic carbocycles. The Morgan fingerprint density at radius 1 is 0.629 bits per heavy atom. The normalized spacial score (nSPS) is 24.3. The standard InChI is InChI=1S/C66H83BN2S/c1-60(2,3)41-23-26-44(27-24-41)68-52-36-43(62(7,8)9)37-53-57(52)67(50-29-28-47-55(58(50)68)66(16,17)34-33-63(47,10)11)56-46-38-48-49(65(14,15)32-31-64(48,12)13)39-54(46)70-59(56)69(53)51-30-25-42(61(4,5)6)35-45(51)40-21-19-18-20-22-40/h18-27,35-39,47,51,55H,28-34H2,1-17H3. The first-order chi connectivity index (χ1) is 32.6. The van der Waals surface area contributed by atoms with Crippen LogP contribution < -0.4 is 20.7 Å². The highest BCUT2D eigenvalue weighted by Gasteiger charge is 2.57. The molecular formula is C66H83BN2S. The highest BCUT2D eigenvalue weighted by atomic mass is 32.1. The van der Waals surface area contributed by atoms with Crippen molar-refractivity contribution in [2.24, 2.45) is 28.1 Å². The summed E-state index contributed by atoms with van der Waals surface area (Å²) in [6.07, 6.45) is 13.5. The molecule has 3 unspecified atom stereocenters. The fourth-order valence-electron chi connectivity index (χ4n) is 14.5. The van der Waals surface area contributed by atoms with E-state index in [0.717, 1.165) is 12.8 Å². The van der Waals surface area contributed by atoms with Crippen LogP contribution in [0.15, 0.2) is 108 Å². The van der Waals surface area contributed by atoms with Gasteiger partial charge in [0, 0.05) is 33.4 Å². The smallest absolute Gasteiger partial charge is 0.249 e. The third-order valence-corrected chi connectivity index (χ3v) is 20.3. The average molecular weight is 947 g/mol. The zero-order valence-corrected chi connectivity index (χ0v) is 47.0. The van der Waals surface area contributed by atoms with Gasteiger partial charge in [0.25, 0.3) is 0 Å². The van der Waals surface area contributed by atoms with Gasteiger partial charge in [-0.05, 0) is 180 Å². The molecule has 0 N–H and O–H groups in total. The fourth-order valence-corrected chi connectivity index (χ4v) is 15.8. The maximum absolute atomic E-state index is 2.92. The molecule has 0 bridgehead atoms. The minimum atomic E-state index is -0.0784. The summed E-state index contributed by atoms with van der Waals surface area (Å²) in [5.41, 5.74) is 21.4. The second-order valence-electron chi connectivity index (χ2n) is 28.7. The monoisotopic (exact) mass is 947 g/mol. The van der Waals surface area contributed by atoms with Crippen molar-refractivity contribution in [3.05, 3.63) is 136 Å². The SMILES string of the molecule is CC(C)(C)C1=CCC(N2c3cc(C(C)(C)C)cc4c3B(C3=C(C5C(CC3)C(C)(C)CCC5(C)C)N4c3ccc(C(C)(C)C)cc3)c3c2sc2cc4c(cc32)C(C)(C)CCC4(C)C)C(c2ccccc2)=C1. The topological polar surface area (TPSA) is 6.48 Å². The van der Waals surface area contributed by atoms with E-state index in [1.807, 2.05) is 0 Å². The van der Waals surface area contributed by atoms with Gasteiger partial charge < -0.3 is 9.80 Å². The van der Waals surface area contributed by atoms with Crippen LogP contribution in [0.2, 0.25) is 0 Å². The van der Waals surface area contributed by atoms with Gasteiger partial charge in [-0.3, -0.25) is 0 Å². The van der Waals surface area contributed by atoms with E-state index in [4.69, 9.17) is 0 Å². The summed E-state index contributed by atoms with van der Waals surface area (Å²) in [4.78, 5) is 5.80. The van der Waals surface area contributed by atoms with Gasteiger partial charge in [-0.1, -0.05) is 178 Å². The lowest BCUT2D eigenvalue weighted by molar-refractivity contribution is -0.00988. The van der Waals surface area contributed by atoms with Gasteiger partial charge >= 0.3 is 0 Å². The number of benzene rings is 4. The number of hydrogen-bond donors (Lipinski definition) is 0. The van der Waals surface area contributed by atoms with Crippen molar-refractivity contribution < 1.29 is 0 Å². The quantitative estimate of drug-likeness (QED) is 0.166. The summed E-state index contributed by atoms with van der Waals surface area (Å²) in [6, 6.07) is 32.2. The lowest BCUT2D eigenvalue weighted by Gasteiger charge is -2.59. The van der Waals surface area contributed by atoms with E-state index in [1.165, 1.54) is 97.6 Å². The molecule has 4 aromatic carbocycles. The van der Waals surface area contributed by atoms with Crippen LogP contribution in [0.3, 0.4) is 0 Å². The van der Waals surface area contributed by atoms with Crippen LogP contribution in [0.1, 0.15) is 190 Å². The van der Waals surface area contributed by atoms with E-state index in [2.05, 4.69) is 230 Å². The molecule has 11 rings (SSSR count). The second kappa shape index (κ2) is 15.6. The molecule has 1 saturated carbocycles. The summed E-state index contributed by atoms with van der Waals surface area (Å²) in [5.74, 6) is 1.04. The highest BCUT2D eigenvalue weighted by Crippen LogP contribution is 2.63. The maximum Gasteiger partial charge on any atom is 0.249 e. The molecule has 366 valence electrons. The van der Waals surface area contributed by atoms with Gasteiger partial charge in [0.15, 0.2) is 0 Å². The Morgan fingerprint density at radius 2 is 1.24 bits per heavy atom. The maximum atomic E-state index is 2.92. The van der Waals surface area contributed by atoms with Crippen molar-refractivity contribution in [1.82, 2.24) is 0 Å². The molecular weight excluding hydrogens is 864 g/mol. The highest BCUT2D eigenvalue weighted by molar-refractivity contribution is 7.26. The van der Waals surface area contributed by atoms with Crippen LogP contribution in [-0.4, -0.2) is 12.8 Å². The number of thiophene rings is 1. The third kappa shape index (κ3) is 7.43. The summed E-state index contributed by atoms with van der Waals surface area (Å²) in [7, 11) is 0. The summed E-state index contributed by atoms with van der Waals surface area (Å²) < 4.78 is 1.46. The predicted molar refractivity (Wildman–Crippen MR) is 307 cm³/mol. The Hall–Kier alpha value is -4.28. The summed E-state index contributed by atoms with van der Waals surface area (Å²) in [6.45, 7) is 42.3. The zero-order valence-electron chi connectivity index (χ0n) is 46.2. The van der Waals surface area contributed by atoms with Crippen molar-refractivity contribution in [2.45, 2.75) is 190 Å². The number of fused-ring (bicyclic) bond motifs is 8. The molecule has 70 heavy (non-hydrogen) atoms. The van der Waals surface area contributed by atoms with E-state index in [1.54, 1.807) is 27.8 Å². The van der Waals surface area contributed by atoms with E-state index < -0.39 is 0 Å². The zero-order chi connectivity index (χ0) is 50.0. The lowest BCUT2D eigenvalue weighted by atomic mass is 9.30. The Kier molecular flexibility index (Phi) is 10.7. The fraction of sp³-hybridized carbons (Fsp3) is 0.515.